The molecule has 1 atom stereocenters. The fraction of sp³-hybridized carbons (Fsp3) is 0.267. The van der Waals surface area contributed by atoms with Crippen LogP contribution in [-0.2, 0) is 11.3 Å². The van der Waals surface area contributed by atoms with Crippen molar-refractivity contribution in [3.63, 3.8) is 0 Å². The minimum absolute atomic E-state index is 0.101. The Kier molecular flexibility index (Phi) is 6.82. The number of hydrogen-bond acceptors (Lipinski definition) is 7. The second-order valence-electron chi connectivity index (χ2n) is 9.91. The second-order valence-corrected chi connectivity index (χ2v) is 9.91. The summed E-state index contributed by atoms with van der Waals surface area (Å²) in [7, 11) is 0. The molecule has 3 heterocycles. The van der Waals surface area contributed by atoms with Crippen LogP contribution in [0.2, 0.25) is 0 Å². The summed E-state index contributed by atoms with van der Waals surface area (Å²) in [5.41, 5.74) is 11.9. The number of benzene rings is 1. The van der Waals surface area contributed by atoms with Crippen molar-refractivity contribution in [3.05, 3.63) is 93.6 Å². The lowest BCUT2D eigenvalue weighted by atomic mass is 9.89. The average molecular weight is 522 g/mol. The Labute approximate surface area is 226 Å². The van der Waals surface area contributed by atoms with Crippen LogP contribution in [0.1, 0.15) is 68.4 Å². The van der Waals surface area contributed by atoms with Crippen LogP contribution in [0.25, 0.3) is 27.9 Å². The molecule has 1 unspecified atom stereocenters. The molecule has 0 saturated carbocycles. The van der Waals surface area contributed by atoms with Gasteiger partial charge in [-0.15, -0.1) is 0 Å². The molecular formula is C30H31N7O2. The number of rotatable bonds is 6. The maximum absolute atomic E-state index is 14.1. The molecule has 0 fully saturated rings. The van der Waals surface area contributed by atoms with Gasteiger partial charge in [-0.25, -0.2) is 19.6 Å². The molecule has 1 aliphatic rings. The highest BCUT2D eigenvalue weighted by molar-refractivity contribution is 6.03. The highest BCUT2D eigenvalue weighted by Crippen LogP contribution is 2.32. The number of anilines is 1. The van der Waals surface area contributed by atoms with Crippen molar-refractivity contribution < 1.29 is 4.79 Å². The van der Waals surface area contributed by atoms with Crippen LogP contribution < -0.4 is 11.3 Å². The maximum atomic E-state index is 14.1. The molecule has 0 radical (unpaired) electrons. The van der Waals surface area contributed by atoms with Gasteiger partial charge in [-0.1, -0.05) is 43.4 Å². The standard InChI is InChI=1S/C30H31N7O2/c1-6-9-21(14-20(5)38)27-25-28(31)32-16-33-29(25)36(35-27)15-23-34-26-19(4)13-12-18(3)24(26)30(39)37(23)22-11-8-7-10-17(22)2/h6-12,14,16,19H,13,15H2,1-5H3,(H2,31,32,33)/b9-6?,21-14+. The number of nitrogens with two attached hydrogens (primary N) is 1. The lowest BCUT2D eigenvalue weighted by molar-refractivity contribution is -0.112. The fourth-order valence-corrected chi connectivity index (χ4v) is 5.12. The van der Waals surface area contributed by atoms with Crippen molar-refractivity contribution >= 4 is 33.8 Å². The largest absolute Gasteiger partial charge is 0.383 e. The Morgan fingerprint density at radius 3 is 2.69 bits per heavy atom. The van der Waals surface area contributed by atoms with E-state index in [0.29, 0.717) is 33.7 Å². The zero-order valence-corrected chi connectivity index (χ0v) is 22.8. The van der Waals surface area contributed by atoms with Crippen LogP contribution in [0, 0.1) is 6.92 Å². The Morgan fingerprint density at radius 1 is 1.21 bits per heavy atom. The van der Waals surface area contributed by atoms with Gasteiger partial charge >= 0.3 is 0 Å². The second kappa shape index (κ2) is 10.2. The Balaban J connectivity index is 1.80. The molecule has 0 saturated heterocycles. The predicted molar refractivity (Wildman–Crippen MR) is 154 cm³/mol. The van der Waals surface area contributed by atoms with Crippen molar-refractivity contribution in [3.8, 4) is 5.69 Å². The zero-order chi connectivity index (χ0) is 27.8. The van der Waals surface area contributed by atoms with E-state index in [2.05, 4.69) is 23.0 Å². The SMILES string of the molecule is CC=C/C(=C\C(C)=O)c1nn(Cc2nc3c(c(=O)n2-c2ccccc2C)C(C)=CCC3C)c2ncnc(N)c12. The Hall–Kier alpha value is -4.66. The number of aromatic nitrogens is 6. The van der Waals surface area contributed by atoms with Gasteiger partial charge in [-0.3, -0.25) is 14.2 Å². The molecule has 198 valence electrons. The lowest BCUT2D eigenvalue weighted by Crippen LogP contribution is -2.31. The van der Waals surface area contributed by atoms with Gasteiger partial charge in [0.05, 0.1) is 22.3 Å². The van der Waals surface area contributed by atoms with E-state index in [4.69, 9.17) is 15.8 Å². The third-order valence-electron chi connectivity index (χ3n) is 7.00. The summed E-state index contributed by atoms with van der Waals surface area (Å²) in [6, 6.07) is 7.75. The van der Waals surface area contributed by atoms with Gasteiger partial charge < -0.3 is 5.73 Å². The van der Waals surface area contributed by atoms with E-state index in [-0.39, 0.29) is 29.6 Å². The van der Waals surface area contributed by atoms with E-state index in [1.165, 1.54) is 19.3 Å². The molecule has 0 bridgehead atoms. The topological polar surface area (TPSA) is 122 Å². The number of aryl methyl sites for hydroxylation is 1. The van der Waals surface area contributed by atoms with Crippen molar-refractivity contribution in [2.75, 3.05) is 5.73 Å². The minimum atomic E-state index is -0.122. The summed E-state index contributed by atoms with van der Waals surface area (Å²) in [5.74, 6) is 0.767. The number of carbonyl (C=O) groups is 1. The van der Waals surface area contributed by atoms with E-state index in [1.807, 2.05) is 51.1 Å². The van der Waals surface area contributed by atoms with Crippen LogP contribution in [0.3, 0.4) is 0 Å². The first-order chi connectivity index (χ1) is 18.7. The molecule has 5 rings (SSSR count). The molecular weight excluding hydrogens is 490 g/mol. The monoisotopic (exact) mass is 521 g/mol. The van der Waals surface area contributed by atoms with E-state index in [9.17, 15) is 9.59 Å². The number of carbonyl (C=O) groups excluding carboxylic acids is 1. The van der Waals surface area contributed by atoms with Crippen LogP contribution in [0.15, 0.2) is 59.7 Å². The van der Waals surface area contributed by atoms with Crippen molar-refractivity contribution in [1.82, 2.24) is 29.3 Å². The molecule has 4 aromatic rings. The quantitative estimate of drug-likeness (QED) is 0.286. The number of ketones is 1. The van der Waals surface area contributed by atoms with Crippen LogP contribution in [0.4, 0.5) is 5.82 Å². The van der Waals surface area contributed by atoms with Crippen LogP contribution in [-0.4, -0.2) is 35.1 Å². The van der Waals surface area contributed by atoms with E-state index in [0.717, 1.165) is 28.9 Å². The van der Waals surface area contributed by atoms with Crippen LogP contribution >= 0.6 is 0 Å². The number of nitrogens with zero attached hydrogens (tertiary/aromatic N) is 6. The first-order valence-electron chi connectivity index (χ1n) is 12.9. The first kappa shape index (κ1) is 26.0. The minimum Gasteiger partial charge on any atom is -0.383 e. The molecule has 39 heavy (non-hydrogen) atoms. The molecule has 3 aromatic heterocycles. The van der Waals surface area contributed by atoms with Gasteiger partial charge in [0.2, 0.25) is 0 Å². The third kappa shape index (κ3) is 4.60. The molecule has 0 spiro atoms. The highest BCUT2D eigenvalue weighted by atomic mass is 16.1. The smallest absolute Gasteiger partial charge is 0.265 e. The molecule has 1 aromatic carbocycles. The number of fused-ring (bicyclic) bond motifs is 2. The van der Waals surface area contributed by atoms with Crippen LogP contribution in [0.5, 0.6) is 0 Å². The summed E-state index contributed by atoms with van der Waals surface area (Å²) in [6.07, 6.45) is 9.45. The molecule has 0 amide bonds. The first-order valence-corrected chi connectivity index (χ1v) is 12.9. The third-order valence-corrected chi connectivity index (χ3v) is 7.00. The summed E-state index contributed by atoms with van der Waals surface area (Å²) in [6.45, 7) is 9.53. The molecule has 9 nitrogen and oxygen atoms in total. The van der Waals surface area contributed by atoms with Gasteiger partial charge in [-0.05, 0) is 57.4 Å². The summed E-state index contributed by atoms with van der Waals surface area (Å²) in [4.78, 5) is 39.9. The number of nitrogen functional groups attached to an aromatic ring is 1. The van der Waals surface area contributed by atoms with Gasteiger partial charge in [0.1, 0.15) is 30.2 Å². The zero-order valence-electron chi connectivity index (χ0n) is 22.8. The molecule has 1 aliphatic carbocycles. The molecule has 9 heteroatoms. The van der Waals surface area contributed by atoms with Gasteiger partial charge in [-0.2, -0.15) is 5.10 Å². The summed E-state index contributed by atoms with van der Waals surface area (Å²) in [5, 5.41) is 5.39. The summed E-state index contributed by atoms with van der Waals surface area (Å²) < 4.78 is 3.36. The molecule has 2 N–H and O–H groups in total. The number of para-hydroxylation sites is 1. The fourth-order valence-electron chi connectivity index (χ4n) is 5.12. The predicted octanol–water partition coefficient (Wildman–Crippen LogP) is 4.77. The highest BCUT2D eigenvalue weighted by Gasteiger charge is 2.27. The Bertz CT molecular complexity index is 1770. The average Bonchev–Trinajstić information content (AvgIpc) is 3.26. The summed E-state index contributed by atoms with van der Waals surface area (Å²) >= 11 is 0. The van der Waals surface area contributed by atoms with Gasteiger partial charge in [0.15, 0.2) is 11.4 Å². The van der Waals surface area contributed by atoms with Crippen molar-refractivity contribution in [2.45, 2.75) is 53.5 Å². The number of hydrogen-bond donors (Lipinski definition) is 1. The molecule has 0 aliphatic heterocycles. The number of allylic oxidation sites excluding steroid dienone is 6. The Morgan fingerprint density at radius 2 is 1.97 bits per heavy atom. The van der Waals surface area contributed by atoms with Crippen molar-refractivity contribution in [1.29, 1.82) is 0 Å². The van der Waals surface area contributed by atoms with E-state index < -0.39 is 0 Å². The van der Waals surface area contributed by atoms with E-state index >= 15 is 0 Å². The normalized spacial score (nSPS) is 15.6. The van der Waals surface area contributed by atoms with E-state index in [1.54, 1.807) is 15.3 Å². The lowest BCUT2D eigenvalue weighted by Gasteiger charge is -2.24. The maximum Gasteiger partial charge on any atom is 0.265 e. The van der Waals surface area contributed by atoms with Crippen molar-refractivity contribution in [2.24, 2.45) is 0 Å². The van der Waals surface area contributed by atoms with Gasteiger partial charge in [0, 0.05) is 11.5 Å². The van der Waals surface area contributed by atoms with Gasteiger partial charge in [0.25, 0.3) is 5.56 Å².